The van der Waals surface area contributed by atoms with Crippen molar-refractivity contribution in [1.82, 2.24) is 0 Å². The van der Waals surface area contributed by atoms with Gasteiger partial charge in [0.25, 0.3) is 0 Å². The molecule has 1 unspecified atom stereocenters. The number of carbonyl (C=O) groups is 6. The van der Waals surface area contributed by atoms with Crippen molar-refractivity contribution in [3.63, 3.8) is 0 Å². The number of rotatable bonds is 4. The molecule has 0 amide bonds. The summed E-state index contributed by atoms with van der Waals surface area (Å²) in [5.41, 5.74) is -6.19. The molecule has 4 saturated carbocycles. The summed E-state index contributed by atoms with van der Waals surface area (Å²) in [6.07, 6.45) is -5.28. The molecular weight excluding hydrogens is 656 g/mol. The number of epoxide rings is 1. The first-order valence-corrected chi connectivity index (χ1v) is 17.4. The van der Waals surface area contributed by atoms with Crippen molar-refractivity contribution in [3.8, 4) is 0 Å². The Labute approximate surface area is 289 Å². The zero-order valence-electron chi connectivity index (χ0n) is 29.7. The number of aliphatic hydroxyl groups excluding tert-OH is 1. The topological polar surface area (TPSA) is 202 Å². The number of ether oxygens (including phenoxy) is 6. The number of carbonyl (C=O) groups excluding carboxylic acids is 6. The smallest absolute Gasteiger partial charge is 0.343 e. The molecule has 0 aromatic rings. The highest BCUT2D eigenvalue weighted by Crippen LogP contribution is 2.75. The Morgan fingerprint density at radius 2 is 1.38 bits per heavy atom. The molecule has 2 N–H and O–H groups in total. The minimum atomic E-state index is -2.09. The van der Waals surface area contributed by atoms with Crippen molar-refractivity contribution >= 4 is 35.6 Å². The van der Waals surface area contributed by atoms with Crippen LogP contribution in [0.1, 0.15) is 68.7 Å². The van der Waals surface area contributed by atoms with Gasteiger partial charge in [-0.2, -0.15) is 0 Å². The molecule has 5 aliphatic carbocycles. The lowest BCUT2D eigenvalue weighted by atomic mass is 9.41. The van der Waals surface area contributed by atoms with Crippen LogP contribution < -0.4 is 0 Å². The van der Waals surface area contributed by atoms with Crippen LogP contribution in [0.5, 0.6) is 0 Å². The van der Waals surface area contributed by atoms with E-state index in [4.69, 9.17) is 28.4 Å². The van der Waals surface area contributed by atoms with Gasteiger partial charge in [-0.25, -0.2) is 4.79 Å². The number of hydrogen-bond donors (Lipinski definition) is 2. The maximum atomic E-state index is 15.2. The van der Waals surface area contributed by atoms with Gasteiger partial charge in [0, 0.05) is 68.1 Å². The fraction of sp³-hybridized carbons (Fsp3) is 0.778. The van der Waals surface area contributed by atoms with E-state index in [0.29, 0.717) is 0 Å². The van der Waals surface area contributed by atoms with Crippen LogP contribution in [0.25, 0.3) is 0 Å². The summed E-state index contributed by atoms with van der Waals surface area (Å²) in [6.45, 7) is 13.3. The monoisotopic (exact) mass is 702 g/mol. The summed E-state index contributed by atoms with van der Waals surface area (Å²) in [4.78, 5) is 79.8. The number of hydrogen-bond acceptors (Lipinski definition) is 14. The third kappa shape index (κ3) is 4.24. The largest absolute Gasteiger partial charge is 0.459 e. The van der Waals surface area contributed by atoms with Crippen LogP contribution >= 0.6 is 0 Å². The number of allylic oxidation sites excluding steroid dienone is 1. The number of aliphatic hydroxyl groups is 2. The van der Waals surface area contributed by atoms with Crippen LogP contribution in [0, 0.1) is 57.7 Å². The molecule has 6 fully saturated rings. The van der Waals surface area contributed by atoms with Crippen molar-refractivity contribution < 1.29 is 67.4 Å². The molecule has 0 bridgehead atoms. The van der Waals surface area contributed by atoms with Crippen LogP contribution in [-0.2, 0) is 57.2 Å². The average Bonchev–Trinajstić information content (AvgIpc) is 3.68. The number of Topliss-reactive ketones (excluding diaryl/α,β-unsaturated/α-hetero) is 1. The molecule has 0 aromatic heterocycles. The molecule has 18 atom stereocenters. The minimum Gasteiger partial charge on any atom is -0.459 e. The zero-order chi connectivity index (χ0) is 36.8. The lowest BCUT2D eigenvalue weighted by molar-refractivity contribution is -0.267. The molecule has 0 spiro atoms. The number of esters is 5. The summed E-state index contributed by atoms with van der Waals surface area (Å²) in [6, 6.07) is 0. The Balaban J connectivity index is 1.51. The molecule has 7 aliphatic rings. The van der Waals surface area contributed by atoms with E-state index in [9.17, 15) is 34.2 Å². The van der Waals surface area contributed by atoms with Crippen LogP contribution in [0.4, 0.5) is 0 Å². The maximum absolute atomic E-state index is 15.2. The highest BCUT2D eigenvalue weighted by atomic mass is 16.6. The number of ketones is 1. The van der Waals surface area contributed by atoms with Gasteiger partial charge in [-0.15, -0.1) is 0 Å². The van der Waals surface area contributed by atoms with Crippen molar-refractivity contribution in [2.24, 2.45) is 57.7 Å². The molecule has 0 aromatic carbocycles. The zero-order valence-corrected chi connectivity index (χ0v) is 29.7. The van der Waals surface area contributed by atoms with Gasteiger partial charge in [-0.3, -0.25) is 24.0 Å². The summed E-state index contributed by atoms with van der Waals surface area (Å²) in [7, 11) is 0. The average molecular weight is 703 g/mol. The molecule has 14 heteroatoms. The highest BCUT2D eigenvalue weighted by molar-refractivity contribution is 5.90. The predicted octanol–water partition coefficient (Wildman–Crippen LogP) is 1.41. The van der Waals surface area contributed by atoms with Gasteiger partial charge in [-0.05, 0) is 38.2 Å². The van der Waals surface area contributed by atoms with Crippen LogP contribution in [0.3, 0.4) is 0 Å². The summed E-state index contributed by atoms with van der Waals surface area (Å²) in [5.74, 6) is -10.1. The first-order valence-electron chi connectivity index (χ1n) is 17.4. The molecule has 2 heterocycles. The van der Waals surface area contributed by atoms with E-state index in [1.54, 1.807) is 26.8 Å². The van der Waals surface area contributed by atoms with Gasteiger partial charge in [0.2, 0.25) is 0 Å². The van der Waals surface area contributed by atoms with E-state index in [1.165, 1.54) is 34.6 Å². The van der Waals surface area contributed by atoms with Crippen LogP contribution in [0.2, 0.25) is 0 Å². The third-order valence-electron chi connectivity index (χ3n) is 14.1. The van der Waals surface area contributed by atoms with E-state index >= 15 is 4.79 Å². The predicted molar refractivity (Wildman–Crippen MR) is 166 cm³/mol. The second-order valence-electron chi connectivity index (χ2n) is 16.5. The normalized spacial score (nSPS) is 52.3. The highest BCUT2D eigenvalue weighted by Gasteiger charge is 2.83. The van der Waals surface area contributed by atoms with Crippen LogP contribution in [0.15, 0.2) is 11.8 Å². The Morgan fingerprint density at radius 3 is 1.96 bits per heavy atom. The second kappa shape index (κ2) is 10.8. The fourth-order valence-corrected chi connectivity index (χ4v) is 12.2. The van der Waals surface area contributed by atoms with Crippen molar-refractivity contribution in [2.45, 2.75) is 117 Å². The Bertz CT molecular complexity index is 1620. The minimum absolute atomic E-state index is 0.193. The Kier molecular flexibility index (Phi) is 7.59. The molecule has 274 valence electrons. The molecular formula is C36H46O14. The summed E-state index contributed by atoms with van der Waals surface area (Å²) >= 11 is 0. The SMILES string of the molecule is CC(=O)O[C@H]1[C@H]2[C@@H](C(=O)[C@H](OC(C)=O)[C@H]3C[C@@H]4O[C@@H]4[C@H](OC(C)=O)[C@]23C)[C@@H]2[C@@H](O)C3[C@H]([C@H](C)C=C4OC(=O)[C@](C)(O)[C@@]43C)[C@@]2(C)[C@H]1OC(C)=O. The third-order valence-corrected chi connectivity index (χ3v) is 14.1. The van der Waals surface area contributed by atoms with E-state index in [1.807, 2.05) is 6.92 Å². The van der Waals surface area contributed by atoms with E-state index in [-0.39, 0.29) is 12.2 Å². The molecule has 2 aliphatic heterocycles. The summed E-state index contributed by atoms with van der Waals surface area (Å²) in [5, 5.41) is 24.6. The second-order valence-corrected chi connectivity index (χ2v) is 16.5. The Morgan fingerprint density at radius 1 is 0.800 bits per heavy atom. The van der Waals surface area contributed by atoms with Crippen molar-refractivity contribution in [2.75, 3.05) is 0 Å². The molecule has 2 saturated heterocycles. The van der Waals surface area contributed by atoms with Crippen molar-refractivity contribution in [1.29, 1.82) is 0 Å². The molecule has 14 nitrogen and oxygen atoms in total. The quantitative estimate of drug-likeness (QED) is 0.242. The van der Waals surface area contributed by atoms with Gasteiger partial charge < -0.3 is 38.6 Å². The first-order chi connectivity index (χ1) is 23.1. The van der Waals surface area contributed by atoms with Gasteiger partial charge in [0.05, 0.1) is 17.6 Å². The van der Waals surface area contributed by atoms with Crippen LogP contribution in [-0.4, -0.2) is 94.2 Å². The standard InChI is InChI=1S/C36H46O14/c1-12-10-19-35(8,36(9,44)32(43)50-19)24-21(12)34(7)22(26(24)42)20-23(29(46-14(3)38)31(34)48-16(5)40)33(6)17(27(25(20)41)45-13(2)37)11-18-28(49-18)30(33)47-15(4)39/h10,12,17-18,20-24,26-31,42,44H,11H2,1-9H3/t12-,17-,18+,20+,21+,22-,23-,24?,26-,27-,28+,29+,30+,31+,33+,34-,35+,36+/m1/s1. The lowest BCUT2D eigenvalue weighted by Crippen LogP contribution is -2.74. The van der Waals surface area contributed by atoms with Gasteiger partial charge >= 0.3 is 29.8 Å². The molecule has 50 heavy (non-hydrogen) atoms. The first kappa shape index (κ1) is 35.1. The fourth-order valence-electron chi connectivity index (χ4n) is 12.2. The Hall–Kier alpha value is -3.36. The number of fused-ring (bicyclic) bond motifs is 10. The summed E-state index contributed by atoms with van der Waals surface area (Å²) < 4.78 is 35.8. The van der Waals surface area contributed by atoms with Gasteiger partial charge in [0.1, 0.15) is 30.2 Å². The van der Waals surface area contributed by atoms with E-state index in [0.717, 1.165) is 0 Å². The van der Waals surface area contributed by atoms with Crippen molar-refractivity contribution in [3.05, 3.63) is 11.8 Å². The maximum Gasteiger partial charge on any atom is 0.343 e. The van der Waals surface area contributed by atoms with Gasteiger partial charge in [0.15, 0.2) is 17.5 Å². The molecule has 7 rings (SSSR count). The van der Waals surface area contributed by atoms with Gasteiger partial charge in [-0.1, -0.05) is 20.8 Å². The lowest BCUT2D eigenvalue weighted by Gasteiger charge is -2.65. The molecule has 0 radical (unpaired) electrons. The van der Waals surface area contributed by atoms with E-state index in [2.05, 4.69) is 0 Å². The van der Waals surface area contributed by atoms with E-state index < -0.39 is 142 Å².